The van der Waals surface area contributed by atoms with Gasteiger partial charge in [-0.2, -0.15) is 0 Å². The summed E-state index contributed by atoms with van der Waals surface area (Å²) in [5.74, 6) is -8.19. The van der Waals surface area contributed by atoms with Crippen LogP contribution in [-0.2, 0) is 57.6 Å². The number of hydrogen-bond acceptors (Lipinski definition) is 15. The highest BCUT2D eigenvalue weighted by Gasteiger charge is 2.37. The van der Waals surface area contributed by atoms with E-state index in [2.05, 4.69) is 42.2 Å². The van der Waals surface area contributed by atoms with E-state index in [1.54, 1.807) is 30.5 Å². The molecule has 0 bridgehead atoms. The zero-order valence-electron chi connectivity index (χ0n) is 42.0. The second-order valence-corrected chi connectivity index (χ2v) is 22.1. The average Bonchev–Trinajstić information content (AvgIpc) is 4.01. The van der Waals surface area contributed by atoms with Crippen molar-refractivity contribution in [2.45, 2.75) is 119 Å². The first-order chi connectivity index (χ1) is 36.4. The third-order valence-corrected chi connectivity index (χ3v) is 16.2. The molecule has 0 aliphatic carbocycles. The van der Waals surface area contributed by atoms with Crippen LogP contribution < -0.4 is 48.7 Å². The Bertz CT molecular complexity index is 2810. The number of aliphatic hydroxyl groups is 2. The minimum absolute atomic E-state index is 0.0281. The summed E-state index contributed by atoms with van der Waals surface area (Å²) < 4.78 is 0.917. The summed E-state index contributed by atoms with van der Waals surface area (Å²) in [6.07, 6.45) is 0.0420. The molecule has 2 aromatic heterocycles. The molecular weight excluding hydrogens is 1040 g/mol. The predicted molar refractivity (Wildman–Crippen MR) is 293 cm³/mol. The molecule has 24 heteroatoms. The van der Waals surface area contributed by atoms with Gasteiger partial charge < -0.3 is 69.0 Å². The fraction of sp³-hybridized carbons (Fsp3) is 0.423. The van der Waals surface area contributed by atoms with E-state index in [0.29, 0.717) is 36.9 Å². The monoisotopic (exact) mass is 1100 g/mol. The number of unbranched alkanes of at least 4 members (excludes halogenated alkanes) is 2. The van der Waals surface area contributed by atoms with Crippen LogP contribution in [0.25, 0.3) is 21.0 Å². The van der Waals surface area contributed by atoms with Crippen molar-refractivity contribution in [3.8, 4) is 0 Å². The number of aliphatic hydroxyl groups excluding tert-OH is 2. The molecule has 0 radical (unpaired) electrons. The summed E-state index contributed by atoms with van der Waals surface area (Å²) in [5.41, 5.74) is 15.0. The van der Waals surface area contributed by atoms with Crippen LogP contribution in [0.2, 0.25) is 0 Å². The molecular formula is C52H66N10O11S3. The van der Waals surface area contributed by atoms with E-state index in [9.17, 15) is 48.9 Å². The minimum Gasteiger partial charge on any atom is -0.480 e. The number of nitrogens with one attached hydrogen (secondary N) is 8. The van der Waals surface area contributed by atoms with Gasteiger partial charge in [0, 0.05) is 46.1 Å². The molecule has 6 rings (SSSR count). The molecule has 15 N–H and O–H groups in total. The summed E-state index contributed by atoms with van der Waals surface area (Å²) in [7, 11) is 1.92. The van der Waals surface area contributed by atoms with Crippen molar-refractivity contribution in [2.75, 3.05) is 18.1 Å². The predicted octanol–water partition coefficient (Wildman–Crippen LogP) is 0.892. The van der Waals surface area contributed by atoms with E-state index in [4.69, 9.17) is 11.5 Å². The molecule has 1 aliphatic rings. The number of carbonyl (C=O) groups is 8. The maximum Gasteiger partial charge on any atom is 0.328 e. The van der Waals surface area contributed by atoms with E-state index < -0.39 is 108 Å². The Morgan fingerprint density at radius 1 is 0.711 bits per heavy atom. The lowest BCUT2D eigenvalue weighted by Gasteiger charge is -2.29. The molecule has 1 fully saturated rings. The fourth-order valence-corrected chi connectivity index (χ4v) is 11.8. The topological polar surface area (TPSA) is 349 Å². The summed E-state index contributed by atoms with van der Waals surface area (Å²) >= 11 is 1.44. The first kappa shape index (κ1) is 58.7. The second kappa shape index (κ2) is 28.6. The number of carboxylic acids is 1. The number of rotatable bonds is 18. The van der Waals surface area contributed by atoms with Crippen LogP contribution in [0.5, 0.6) is 0 Å². The molecule has 0 spiro atoms. The minimum atomic E-state index is -1.81. The van der Waals surface area contributed by atoms with Gasteiger partial charge in [0.25, 0.3) is 0 Å². The van der Waals surface area contributed by atoms with E-state index >= 15 is 4.79 Å². The molecule has 21 nitrogen and oxygen atoms in total. The number of amides is 7. The van der Waals surface area contributed by atoms with Gasteiger partial charge in [0.15, 0.2) is 6.04 Å². The maximum atomic E-state index is 15.0. The number of carbonyl (C=O) groups excluding carboxylic acids is 7. The molecule has 1 aliphatic heterocycles. The number of aromatic nitrogens is 1. The number of nitrogens with two attached hydrogens (primary N) is 2. The number of carboxylic acid groups (broad SMARTS) is 1. The fourth-order valence-electron chi connectivity index (χ4n) is 8.51. The van der Waals surface area contributed by atoms with Crippen molar-refractivity contribution in [3.05, 3.63) is 107 Å². The Labute approximate surface area is 451 Å². The van der Waals surface area contributed by atoms with Gasteiger partial charge in [-0.25, -0.2) is 4.79 Å². The maximum absolute atomic E-state index is 15.0. The highest BCUT2D eigenvalue weighted by molar-refractivity contribution is 8.76. The SMILES string of the molecule is C[C@@H](O)[C@H](NC(=O)[C@@H]1CSSC[C@H](NC(=O)[C@H](N)Cc2ccccc2)C(=O)N[C@@H](Cc2csc3ccccc23)C(=O)N[C@H](Cc2c[nH]c3ccccc23)C(=O)N[C@@H](CCCCCN)C(=O)N[C@@H]([C@@H](C)O)C(=O)N1)C(=O)O. The van der Waals surface area contributed by atoms with Crippen molar-refractivity contribution in [1.29, 1.82) is 0 Å². The van der Waals surface area contributed by atoms with Crippen LogP contribution in [0.1, 0.15) is 56.2 Å². The molecule has 3 aromatic carbocycles. The largest absolute Gasteiger partial charge is 0.480 e. The second-order valence-electron chi connectivity index (χ2n) is 18.6. The van der Waals surface area contributed by atoms with E-state index in [-0.39, 0.29) is 37.2 Å². The number of thiophene rings is 1. The van der Waals surface area contributed by atoms with Crippen molar-refractivity contribution in [3.63, 3.8) is 0 Å². The van der Waals surface area contributed by atoms with Crippen molar-refractivity contribution >= 4 is 101 Å². The van der Waals surface area contributed by atoms with Crippen molar-refractivity contribution < 1.29 is 53.7 Å². The molecule has 1 saturated heterocycles. The number of aromatic amines is 1. The summed E-state index contributed by atoms with van der Waals surface area (Å²) in [6.45, 7) is 2.72. The number of fused-ring (bicyclic) bond motifs is 2. The molecule has 408 valence electrons. The van der Waals surface area contributed by atoms with Crippen LogP contribution in [0, 0.1) is 0 Å². The number of aliphatic carboxylic acids is 1. The van der Waals surface area contributed by atoms with Crippen LogP contribution in [0.15, 0.2) is 90.4 Å². The third kappa shape index (κ3) is 16.5. The Morgan fingerprint density at radius 3 is 2.01 bits per heavy atom. The molecule has 5 aromatic rings. The van der Waals surface area contributed by atoms with E-state index in [0.717, 1.165) is 55.1 Å². The van der Waals surface area contributed by atoms with Gasteiger partial charge in [0.2, 0.25) is 41.4 Å². The first-order valence-electron chi connectivity index (χ1n) is 24.9. The van der Waals surface area contributed by atoms with Crippen molar-refractivity contribution in [1.82, 2.24) is 42.2 Å². The van der Waals surface area contributed by atoms with Gasteiger partial charge in [-0.3, -0.25) is 33.6 Å². The van der Waals surface area contributed by atoms with Gasteiger partial charge in [-0.15, -0.1) is 11.3 Å². The van der Waals surface area contributed by atoms with Gasteiger partial charge in [0.05, 0.1) is 18.2 Å². The van der Waals surface area contributed by atoms with E-state index in [1.807, 2.05) is 60.0 Å². The van der Waals surface area contributed by atoms with Gasteiger partial charge in [-0.05, 0) is 79.2 Å². The van der Waals surface area contributed by atoms with Gasteiger partial charge in [0.1, 0.15) is 36.3 Å². The van der Waals surface area contributed by atoms with Crippen molar-refractivity contribution in [2.24, 2.45) is 11.5 Å². The Kier molecular flexibility index (Phi) is 22.1. The zero-order valence-corrected chi connectivity index (χ0v) is 44.4. The average molecular weight is 1100 g/mol. The zero-order chi connectivity index (χ0) is 54.9. The summed E-state index contributed by atoms with van der Waals surface area (Å²) in [4.78, 5) is 116. The Hall–Kier alpha value is -6.54. The number of H-pyrrole nitrogens is 1. The Balaban J connectivity index is 1.42. The molecule has 76 heavy (non-hydrogen) atoms. The molecule has 0 unspecified atom stereocenters. The van der Waals surface area contributed by atoms with Gasteiger partial charge >= 0.3 is 5.97 Å². The van der Waals surface area contributed by atoms with E-state index in [1.165, 1.54) is 18.3 Å². The molecule has 7 amide bonds. The molecule has 0 saturated carbocycles. The number of para-hydroxylation sites is 1. The standard InChI is InChI=1S/C52H66N10O11S3/c1-28(63)43-51(71)60-41(50(70)62-44(29(2)64)52(72)73)27-76-75-26-40(59-45(65)35(54)21-30-13-5-3-6-14-30)49(69)58-39(23-32-25-74-42-19-11-9-16-34(32)42)48(68)57-38(22-31-24-55-36-17-10-8-15-33(31)36)47(67)56-37(46(66)61-43)18-7-4-12-20-53/h3,5-6,8-11,13-17,19,24-25,28-29,35,37-41,43-44,55,63-64H,4,7,12,18,20-23,26-27,53-54H2,1-2H3,(H,56,67)(H,57,68)(H,58,69)(H,59,65)(H,60,71)(H,61,66)(H,62,70)(H,72,73)/t28-,29-,35-,37+,38-,39+,40+,41+,43+,44+/m1/s1. The molecule has 10 atom stereocenters. The Morgan fingerprint density at radius 2 is 1.33 bits per heavy atom. The lowest BCUT2D eigenvalue weighted by atomic mass is 10.0. The van der Waals surface area contributed by atoms with Crippen LogP contribution in [0.4, 0.5) is 0 Å². The highest BCUT2D eigenvalue weighted by atomic mass is 33.1. The first-order valence-corrected chi connectivity index (χ1v) is 28.3. The van der Waals surface area contributed by atoms with Crippen LogP contribution in [-0.4, -0.2) is 146 Å². The highest BCUT2D eigenvalue weighted by Crippen LogP contribution is 2.28. The lowest BCUT2D eigenvalue weighted by molar-refractivity contribution is -0.145. The number of benzene rings is 3. The lowest BCUT2D eigenvalue weighted by Crippen LogP contribution is -2.62. The van der Waals surface area contributed by atoms with Crippen LogP contribution >= 0.6 is 32.9 Å². The summed E-state index contributed by atoms with van der Waals surface area (Å²) in [5, 5.41) is 52.9. The normalized spacial score (nSPS) is 22.2. The van der Waals surface area contributed by atoms with Crippen LogP contribution in [0.3, 0.4) is 0 Å². The van der Waals surface area contributed by atoms with Gasteiger partial charge in [-0.1, -0.05) is 101 Å². The quantitative estimate of drug-likeness (QED) is 0.0428. The third-order valence-electron chi connectivity index (χ3n) is 12.7. The summed E-state index contributed by atoms with van der Waals surface area (Å²) in [6, 6.07) is 12.1. The molecule has 3 heterocycles. The smallest absolute Gasteiger partial charge is 0.328 e. The number of hydrogen-bond donors (Lipinski definition) is 13.